The number of esters is 1. The van der Waals surface area contributed by atoms with Gasteiger partial charge in [0.1, 0.15) is 0 Å². The van der Waals surface area contributed by atoms with E-state index in [0.717, 1.165) is 0 Å². The zero-order valence-electron chi connectivity index (χ0n) is 7.88. The molecule has 3 heteroatoms. The van der Waals surface area contributed by atoms with Gasteiger partial charge in [0.2, 0.25) is 0 Å². The molecule has 6 unspecified atom stereocenters. The molecule has 6 fully saturated rings. The number of hydrogen-bond acceptors (Lipinski definition) is 3. The van der Waals surface area contributed by atoms with Gasteiger partial charge in [-0.15, -0.1) is 0 Å². The van der Waals surface area contributed by atoms with Crippen LogP contribution < -0.4 is 0 Å². The van der Waals surface area contributed by atoms with Crippen molar-refractivity contribution in [3.63, 3.8) is 0 Å². The molecular formula is C11H12O3. The summed E-state index contributed by atoms with van der Waals surface area (Å²) in [5, 5.41) is 9.96. The van der Waals surface area contributed by atoms with Crippen LogP contribution in [0.25, 0.3) is 0 Å². The molecule has 0 spiro atoms. The van der Waals surface area contributed by atoms with Crippen LogP contribution in [-0.4, -0.2) is 24.3 Å². The molecule has 0 radical (unpaired) electrons. The molecule has 14 heavy (non-hydrogen) atoms. The average molecular weight is 192 g/mol. The fraction of sp³-hybridized carbons (Fsp3) is 0.909. The Morgan fingerprint density at radius 3 is 2.14 bits per heavy atom. The van der Waals surface area contributed by atoms with Crippen LogP contribution >= 0.6 is 0 Å². The molecule has 1 N–H and O–H groups in total. The van der Waals surface area contributed by atoms with Gasteiger partial charge in [-0.25, -0.2) is 0 Å². The van der Waals surface area contributed by atoms with Crippen molar-refractivity contribution >= 4 is 5.97 Å². The van der Waals surface area contributed by atoms with Gasteiger partial charge in [0.15, 0.2) is 0 Å². The first kappa shape index (κ1) is 6.83. The van der Waals surface area contributed by atoms with Crippen LogP contribution in [0.3, 0.4) is 0 Å². The van der Waals surface area contributed by atoms with Crippen molar-refractivity contribution in [3.8, 4) is 0 Å². The lowest BCUT2D eigenvalue weighted by Crippen LogP contribution is -2.25. The van der Waals surface area contributed by atoms with E-state index in [2.05, 4.69) is 0 Å². The molecule has 0 amide bonds. The van der Waals surface area contributed by atoms with Crippen molar-refractivity contribution in [3.05, 3.63) is 0 Å². The molecular weight excluding hydrogens is 180 g/mol. The van der Waals surface area contributed by atoms with Gasteiger partial charge in [-0.2, -0.15) is 0 Å². The smallest absolute Gasteiger partial charge is 0.312 e. The Hall–Kier alpha value is -0.570. The van der Waals surface area contributed by atoms with E-state index in [1.54, 1.807) is 0 Å². The highest BCUT2D eigenvalue weighted by molar-refractivity contribution is 5.86. The van der Waals surface area contributed by atoms with Crippen LogP contribution in [0, 0.1) is 46.8 Å². The highest BCUT2D eigenvalue weighted by Crippen LogP contribution is 2.99. The summed E-state index contributed by atoms with van der Waals surface area (Å²) in [6, 6.07) is 0. The van der Waals surface area contributed by atoms with Gasteiger partial charge in [-0.1, -0.05) is 0 Å². The molecule has 3 nitrogen and oxygen atoms in total. The second-order valence-electron chi connectivity index (χ2n) is 5.80. The SMILES string of the molecule is COC(=O)C12C3C4C3C3C(O)C4C1C32. The zero-order valence-corrected chi connectivity index (χ0v) is 7.88. The van der Waals surface area contributed by atoms with Gasteiger partial charge in [0.25, 0.3) is 0 Å². The van der Waals surface area contributed by atoms with Crippen molar-refractivity contribution in [2.75, 3.05) is 7.11 Å². The molecule has 0 aliphatic heterocycles. The minimum atomic E-state index is -0.0847. The molecule has 74 valence electrons. The number of carbonyl (C=O) groups excluding carboxylic acids is 1. The Labute approximate surface area is 81.4 Å². The van der Waals surface area contributed by atoms with Crippen molar-refractivity contribution in [2.45, 2.75) is 6.10 Å². The molecule has 0 aromatic heterocycles. The zero-order chi connectivity index (χ0) is 9.40. The van der Waals surface area contributed by atoms with E-state index in [0.29, 0.717) is 41.4 Å². The molecule has 0 heterocycles. The predicted octanol–water partition coefficient (Wildman–Crippen LogP) is -0.112. The summed E-state index contributed by atoms with van der Waals surface area (Å²) in [4.78, 5) is 11.8. The first-order valence-corrected chi connectivity index (χ1v) is 5.52. The molecule has 0 aromatic carbocycles. The highest BCUT2D eigenvalue weighted by Gasteiger charge is 3.02. The summed E-state index contributed by atoms with van der Waals surface area (Å²) in [5.41, 5.74) is -0.0847. The quantitative estimate of drug-likeness (QED) is 0.589. The van der Waals surface area contributed by atoms with E-state index in [4.69, 9.17) is 4.74 Å². The van der Waals surface area contributed by atoms with Crippen LogP contribution in [-0.2, 0) is 9.53 Å². The van der Waals surface area contributed by atoms with E-state index in [1.165, 1.54) is 7.11 Å². The Balaban J connectivity index is 1.71. The summed E-state index contributed by atoms with van der Waals surface area (Å²) >= 11 is 0. The Bertz CT molecular complexity index is 366. The second-order valence-corrected chi connectivity index (χ2v) is 5.80. The summed E-state index contributed by atoms with van der Waals surface area (Å²) in [6.45, 7) is 0. The normalized spacial score (nSPS) is 77.9. The molecule has 6 atom stereocenters. The highest BCUT2D eigenvalue weighted by atomic mass is 16.5. The number of hydrogen-bond donors (Lipinski definition) is 1. The van der Waals surface area contributed by atoms with Gasteiger partial charge in [0.05, 0.1) is 18.6 Å². The molecule has 2 bridgehead atoms. The van der Waals surface area contributed by atoms with Crippen molar-refractivity contribution in [1.82, 2.24) is 0 Å². The lowest BCUT2D eigenvalue weighted by molar-refractivity contribution is -0.148. The van der Waals surface area contributed by atoms with E-state index in [-0.39, 0.29) is 17.5 Å². The fourth-order valence-electron chi connectivity index (χ4n) is 6.21. The lowest BCUT2D eigenvalue weighted by Gasteiger charge is -2.14. The topological polar surface area (TPSA) is 46.5 Å². The summed E-state index contributed by atoms with van der Waals surface area (Å²) in [7, 11) is 1.50. The third kappa shape index (κ3) is 0.329. The molecule has 0 saturated heterocycles. The monoisotopic (exact) mass is 192 g/mol. The third-order valence-electron chi connectivity index (χ3n) is 6.11. The number of ether oxygens (including phenoxy) is 1. The Kier molecular flexibility index (Phi) is 0.709. The molecule has 6 aliphatic carbocycles. The number of carbonyl (C=O) groups is 1. The van der Waals surface area contributed by atoms with Crippen LogP contribution in [0.4, 0.5) is 0 Å². The maximum absolute atomic E-state index is 11.8. The average Bonchev–Trinajstić information content (AvgIpc) is 2.97. The van der Waals surface area contributed by atoms with Gasteiger partial charge >= 0.3 is 5.97 Å². The maximum atomic E-state index is 11.8. The number of aliphatic hydroxyl groups is 1. The van der Waals surface area contributed by atoms with Gasteiger partial charge in [0, 0.05) is 0 Å². The minimum absolute atomic E-state index is 0.0295. The number of methoxy groups -OCH3 is 1. The minimum Gasteiger partial charge on any atom is -0.469 e. The first-order chi connectivity index (χ1) is 6.76. The molecule has 6 aliphatic rings. The molecule has 0 aromatic rings. The fourth-order valence-corrected chi connectivity index (χ4v) is 6.21. The largest absolute Gasteiger partial charge is 0.469 e. The van der Waals surface area contributed by atoms with Crippen LogP contribution in [0.1, 0.15) is 0 Å². The molecule has 6 rings (SSSR count). The second kappa shape index (κ2) is 1.45. The summed E-state index contributed by atoms with van der Waals surface area (Å²) in [5.74, 6) is 4.00. The van der Waals surface area contributed by atoms with Crippen LogP contribution in [0.5, 0.6) is 0 Å². The van der Waals surface area contributed by atoms with Gasteiger partial charge < -0.3 is 9.84 Å². The predicted molar refractivity (Wildman–Crippen MR) is 44.9 cm³/mol. The van der Waals surface area contributed by atoms with E-state index < -0.39 is 0 Å². The first-order valence-electron chi connectivity index (χ1n) is 5.52. The van der Waals surface area contributed by atoms with E-state index >= 15 is 0 Å². The standard InChI is InChI=1S/C11H12O3/c1-14-10(13)11-6-2-3(6)5-8(11)7(11)4(2)9(5)12/h2-9,12H,1H3. The van der Waals surface area contributed by atoms with Crippen molar-refractivity contribution in [1.29, 1.82) is 0 Å². The van der Waals surface area contributed by atoms with E-state index in [9.17, 15) is 9.90 Å². The van der Waals surface area contributed by atoms with Crippen molar-refractivity contribution in [2.24, 2.45) is 46.8 Å². The van der Waals surface area contributed by atoms with Crippen molar-refractivity contribution < 1.29 is 14.6 Å². The Morgan fingerprint density at radius 1 is 1.14 bits per heavy atom. The summed E-state index contributed by atoms with van der Waals surface area (Å²) < 4.78 is 4.96. The van der Waals surface area contributed by atoms with Crippen LogP contribution in [0.15, 0.2) is 0 Å². The van der Waals surface area contributed by atoms with Crippen LogP contribution in [0.2, 0.25) is 0 Å². The van der Waals surface area contributed by atoms with E-state index in [1.807, 2.05) is 0 Å². The Morgan fingerprint density at radius 2 is 1.71 bits per heavy atom. The number of rotatable bonds is 1. The van der Waals surface area contributed by atoms with Gasteiger partial charge in [-0.3, -0.25) is 4.79 Å². The number of aliphatic hydroxyl groups excluding tert-OH is 1. The maximum Gasteiger partial charge on any atom is 0.312 e. The van der Waals surface area contributed by atoms with Gasteiger partial charge in [-0.05, 0) is 41.4 Å². The third-order valence-corrected chi connectivity index (χ3v) is 6.11. The lowest BCUT2D eigenvalue weighted by atomic mass is 9.97. The molecule has 6 saturated carbocycles. The summed E-state index contributed by atoms with van der Waals surface area (Å²) in [6.07, 6.45) is -0.0727.